The lowest BCUT2D eigenvalue weighted by atomic mass is 10.2. The maximum absolute atomic E-state index is 12.3. The third-order valence-electron chi connectivity index (χ3n) is 3.38. The van der Waals surface area contributed by atoms with Gasteiger partial charge in [-0.05, 0) is 12.1 Å². The van der Waals surface area contributed by atoms with Gasteiger partial charge in [0.1, 0.15) is 18.4 Å². The number of carbonyl (C=O) groups is 1. The third kappa shape index (κ3) is 3.26. The van der Waals surface area contributed by atoms with Gasteiger partial charge in [-0.15, -0.1) is 0 Å². The van der Waals surface area contributed by atoms with Crippen LogP contribution in [0.4, 0.5) is 11.5 Å². The van der Waals surface area contributed by atoms with E-state index >= 15 is 0 Å². The normalized spacial score (nSPS) is 10.2. The van der Waals surface area contributed by atoms with Crippen LogP contribution in [0.25, 0.3) is 5.82 Å². The zero-order valence-corrected chi connectivity index (χ0v) is 13.5. The molecule has 26 heavy (non-hydrogen) atoms. The number of nitrogens with one attached hydrogen (secondary N) is 2. The van der Waals surface area contributed by atoms with Gasteiger partial charge >= 0.3 is 5.69 Å². The molecule has 0 saturated carbocycles. The number of anilines is 1. The van der Waals surface area contributed by atoms with Crippen LogP contribution in [0.15, 0.2) is 49.3 Å². The Bertz CT molecular complexity index is 943. The maximum Gasteiger partial charge on any atom is 0.355 e. The molecule has 132 valence electrons. The second kappa shape index (κ2) is 7.25. The number of aromatic nitrogens is 4. The molecule has 0 aliphatic heterocycles. The van der Waals surface area contributed by atoms with Gasteiger partial charge < -0.3 is 4.74 Å². The summed E-state index contributed by atoms with van der Waals surface area (Å²) in [6, 6.07) is 6.57. The first-order chi connectivity index (χ1) is 12.6. The average Bonchev–Trinajstić information content (AvgIpc) is 3.20. The Morgan fingerprint density at radius 2 is 2.12 bits per heavy atom. The molecule has 2 heterocycles. The highest BCUT2D eigenvalue weighted by Crippen LogP contribution is 2.27. The molecule has 11 nitrogen and oxygen atoms in total. The second-order valence-electron chi connectivity index (χ2n) is 4.90. The van der Waals surface area contributed by atoms with Crippen LogP contribution >= 0.6 is 0 Å². The fraction of sp³-hybridized carbons (Fsp3) is 0.0667. The Kier molecular flexibility index (Phi) is 4.69. The minimum Gasteiger partial charge on any atom is -0.496 e. The number of nitrogens with zero attached hydrogens (tertiary/aromatic N) is 5. The summed E-state index contributed by atoms with van der Waals surface area (Å²) >= 11 is 0. The number of amides is 1. The van der Waals surface area contributed by atoms with Crippen LogP contribution < -0.4 is 15.6 Å². The molecular formula is C15H13N7O4. The predicted octanol–water partition coefficient (Wildman–Crippen LogP) is 1.34. The summed E-state index contributed by atoms with van der Waals surface area (Å²) in [6.45, 7) is 0. The number of rotatable bonds is 6. The molecule has 0 radical (unpaired) electrons. The van der Waals surface area contributed by atoms with E-state index in [1.807, 2.05) is 0 Å². The summed E-state index contributed by atoms with van der Waals surface area (Å²) in [6.07, 6.45) is 5.47. The van der Waals surface area contributed by atoms with Crippen LogP contribution in [0.2, 0.25) is 0 Å². The number of carbonyl (C=O) groups excluding carboxylic acids is 1. The zero-order valence-electron chi connectivity index (χ0n) is 13.5. The topological polar surface area (TPSA) is 137 Å². The number of para-hydroxylation sites is 1. The molecule has 2 aromatic heterocycles. The molecule has 1 aromatic carbocycles. The first-order valence-corrected chi connectivity index (χ1v) is 7.29. The molecule has 0 aliphatic carbocycles. The molecule has 3 rings (SSSR count). The number of hydrazine groups is 1. The number of hydrogen-bond acceptors (Lipinski definition) is 8. The van der Waals surface area contributed by atoms with Crippen molar-refractivity contribution in [2.45, 2.75) is 0 Å². The molecule has 0 aliphatic rings. The molecule has 0 unspecified atom stereocenters. The average molecular weight is 355 g/mol. The summed E-state index contributed by atoms with van der Waals surface area (Å²) in [5, 5.41) is 11.5. The number of nitro groups is 1. The Labute approximate surface area is 146 Å². The summed E-state index contributed by atoms with van der Waals surface area (Å²) < 4.78 is 6.48. The van der Waals surface area contributed by atoms with Crippen molar-refractivity contribution in [3.63, 3.8) is 0 Å². The Hall–Kier alpha value is -4.02. The summed E-state index contributed by atoms with van der Waals surface area (Å²) in [4.78, 5) is 34.7. The summed E-state index contributed by atoms with van der Waals surface area (Å²) in [7, 11) is 1.44. The van der Waals surface area contributed by atoms with Crippen molar-refractivity contribution in [3.05, 3.63) is 65.0 Å². The molecule has 0 atom stereocenters. The Morgan fingerprint density at radius 1 is 1.31 bits per heavy atom. The van der Waals surface area contributed by atoms with Crippen LogP contribution in [-0.2, 0) is 0 Å². The van der Waals surface area contributed by atoms with E-state index in [0.717, 1.165) is 6.33 Å². The van der Waals surface area contributed by atoms with Gasteiger partial charge in [-0.25, -0.2) is 15.0 Å². The molecular weight excluding hydrogens is 342 g/mol. The van der Waals surface area contributed by atoms with Crippen molar-refractivity contribution in [1.82, 2.24) is 24.9 Å². The lowest BCUT2D eigenvalue weighted by molar-refractivity contribution is -0.384. The SMILES string of the molecule is COc1ccccc1C(=O)NNc1ncnc(-n2ccnc2)c1[N+](=O)[O-]. The van der Waals surface area contributed by atoms with Gasteiger partial charge in [0.05, 0.1) is 17.6 Å². The zero-order chi connectivity index (χ0) is 18.5. The number of benzene rings is 1. The van der Waals surface area contributed by atoms with Crippen molar-refractivity contribution >= 4 is 17.4 Å². The quantitative estimate of drug-likeness (QED) is 0.499. The van der Waals surface area contributed by atoms with Gasteiger partial charge in [0, 0.05) is 12.4 Å². The predicted molar refractivity (Wildman–Crippen MR) is 89.9 cm³/mol. The Balaban J connectivity index is 1.87. The van der Waals surface area contributed by atoms with Crippen molar-refractivity contribution < 1.29 is 14.5 Å². The second-order valence-corrected chi connectivity index (χ2v) is 4.90. The monoisotopic (exact) mass is 355 g/mol. The lowest BCUT2D eigenvalue weighted by Gasteiger charge is -2.11. The third-order valence-corrected chi connectivity index (χ3v) is 3.38. The molecule has 1 amide bonds. The minimum atomic E-state index is -0.646. The van der Waals surface area contributed by atoms with Gasteiger partial charge in [0.15, 0.2) is 0 Å². The van der Waals surface area contributed by atoms with Gasteiger partial charge in [-0.2, -0.15) is 0 Å². The van der Waals surface area contributed by atoms with E-state index in [1.54, 1.807) is 24.3 Å². The smallest absolute Gasteiger partial charge is 0.355 e. The van der Waals surface area contributed by atoms with Crippen molar-refractivity contribution in [3.8, 4) is 11.6 Å². The fourth-order valence-electron chi connectivity index (χ4n) is 2.22. The van der Waals surface area contributed by atoms with E-state index in [0.29, 0.717) is 5.75 Å². The van der Waals surface area contributed by atoms with Gasteiger partial charge in [0.2, 0.25) is 11.6 Å². The van der Waals surface area contributed by atoms with E-state index in [2.05, 4.69) is 25.8 Å². The Morgan fingerprint density at radius 3 is 2.81 bits per heavy atom. The van der Waals surface area contributed by atoms with E-state index in [-0.39, 0.29) is 17.2 Å². The molecule has 0 fully saturated rings. The first kappa shape index (κ1) is 16.8. The minimum absolute atomic E-state index is 0.0107. The van der Waals surface area contributed by atoms with Crippen molar-refractivity contribution in [1.29, 1.82) is 0 Å². The molecule has 0 spiro atoms. The lowest BCUT2D eigenvalue weighted by Crippen LogP contribution is -2.30. The van der Waals surface area contributed by atoms with E-state index in [4.69, 9.17) is 4.74 Å². The number of imidazole rings is 1. The first-order valence-electron chi connectivity index (χ1n) is 7.29. The standard InChI is InChI=1S/C15H13N7O4/c1-26-11-5-3-2-4-10(11)15(23)20-19-13-12(22(24)25)14(18-8-17-13)21-7-6-16-9-21/h2-9H,1H3,(H,20,23)(H,17,18,19). The van der Waals surface area contributed by atoms with Gasteiger partial charge in [-0.3, -0.25) is 30.3 Å². The number of hydrogen-bond donors (Lipinski definition) is 2. The fourth-order valence-corrected chi connectivity index (χ4v) is 2.22. The van der Waals surface area contributed by atoms with E-state index in [9.17, 15) is 14.9 Å². The molecule has 11 heteroatoms. The van der Waals surface area contributed by atoms with Crippen LogP contribution in [-0.4, -0.2) is 37.5 Å². The van der Waals surface area contributed by atoms with E-state index < -0.39 is 16.5 Å². The van der Waals surface area contributed by atoms with Crippen LogP contribution in [0.3, 0.4) is 0 Å². The summed E-state index contributed by atoms with van der Waals surface area (Å²) in [5.74, 6) is -0.337. The van der Waals surface area contributed by atoms with Gasteiger partial charge in [-0.1, -0.05) is 12.1 Å². The van der Waals surface area contributed by atoms with Crippen molar-refractivity contribution in [2.75, 3.05) is 12.5 Å². The van der Waals surface area contributed by atoms with Crippen LogP contribution in [0.1, 0.15) is 10.4 Å². The van der Waals surface area contributed by atoms with Crippen LogP contribution in [0, 0.1) is 10.1 Å². The highest BCUT2D eigenvalue weighted by molar-refractivity contribution is 5.97. The number of methoxy groups -OCH3 is 1. The maximum atomic E-state index is 12.3. The molecule has 0 saturated heterocycles. The van der Waals surface area contributed by atoms with Crippen LogP contribution in [0.5, 0.6) is 5.75 Å². The molecule has 2 N–H and O–H groups in total. The van der Waals surface area contributed by atoms with E-state index in [1.165, 1.54) is 30.4 Å². The van der Waals surface area contributed by atoms with Gasteiger partial charge in [0.25, 0.3) is 5.91 Å². The highest BCUT2D eigenvalue weighted by atomic mass is 16.6. The highest BCUT2D eigenvalue weighted by Gasteiger charge is 2.24. The summed E-state index contributed by atoms with van der Waals surface area (Å²) in [5.41, 5.74) is 4.68. The largest absolute Gasteiger partial charge is 0.496 e. The molecule has 0 bridgehead atoms. The van der Waals surface area contributed by atoms with Crippen molar-refractivity contribution in [2.24, 2.45) is 0 Å². The number of ether oxygens (including phenoxy) is 1. The molecule has 3 aromatic rings.